The summed E-state index contributed by atoms with van der Waals surface area (Å²) in [5, 5.41) is 4.70. The number of rotatable bonds is 5. The number of aldehydes is 1. The molecule has 2 aromatic heterocycles. The van der Waals surface area contributed by atoms with Crippen molar-refractivity contribution in [3.63, 3.8) is 0 Å². The molecule has 5 nitrogen and oxygen atoms in total. The number of hydrogen-bond donors (Lipinski definition) is 2. The molecule has 30 heavy (non-hydrogen) atoms. The molecule has 1 aliphatic rings. The summed E-state index contributed by atoms with van der Waals surface area (Å²) in [6.45, 7) is 3.25. The van der Waals surface area contributed by atoms with E-state index in [2.05, 4.69) is 58.3 Å². The van der Waals surface area contributed by atoms with Crippen molar-refractivity contribution in [2.24, 2.45) is 0 Å². The van der Waals surface area contributed by atoms with Crippen LogP contribution in [0.2, 0.25) is 0 Å². The van der Waals surface area contributed by atoms with Crippen LogP contribution in [0.25, 0.3) is 21.8 Å². The Balaban J connectivity index is 0.000000503. The van der Waals surface area contributed by atoms with Crippen LogP contribution in [0.1, 0.15) is 41.9 Å². The third-order valence-electron chi connectivity index (χ3n) is 6.13. The Bertz CT molecular complexity index is 1190. The second-order valence-electron chi connectivity index (χ2n) is 7.84. The molecule has 2 aromatic carbocycles. The Morgan fingerprint density at radius 3 is 2.60 bits per heavy atom. The zero-order valence-corrected chi connectivity index (χ0v) is 17.4. The van der Waals surface area contributed by atoms with E-state index in [4.69, 9.17) is 4.79 Å². The lowest BCUT2D eigenvalue weighted by Crippen LogP contribution is -2.09. The Morgan fingerprint density at radius 2 is 1.83 bits per heavy atom. The number of H-pyrrole nitrogens is 1. The molecule has 0 spiro atoms. The molecule has 3 heterocycles. The number of carbonyl (C=O) groups is 2. The molecule has 0 radical (unpaired) electrons. The van der Waals surface area contributed by atoms with E-state index in [1.807, 2.05) is 18.3 Å². The summed E-state index contributed by atoms with van der Waals surface area (Å²) in [5.74, 6) is -0.0292. The van der Waals surface area contributed by atoms with Gasteiger partial charge >= 0.3 is 0 Å². The van der Waals surface area contributed by atoms with Gasteiger partial charge < -0.3 is 19.7 Å². The van der Waals surface area contributed by atoms with Crippen molar-refractivity contribution in [1.82, 2.24) is 14.9 Å². The Kier molecular flexibility index (Phi) is 5.70. The SMILES string of the molecule is CC(c1cn2c3c(cccc13)CCC2)C(C=O)c1c[nH]c2ccccc12.CNC=O. The molecule has 5 rings (SSSR count). The van der Waals surface area contributed by atoms with Crippen LogP contribution in [0.15, 0.2) is 54.9 Å². The molecule has 0 aliphatic carbocycles. The molecule has 154 valence electrons. The van der Waals surface area contributed by atoms with Crippen molar-refractivity contribution >= 4 is 34.5 Å². The first-order valence-electron chi connectivity index (χ1n) is 10.4. The molecule has 0 saturated carbocycles. The minimum atomic E-state index is -0.158. The summed E-state index contributed by atoms with van der Waals surface area (Å²) in [6.07, 6.45) is 8.36. The largest absolute Gasteiger partial charge is 0.362 e. The third kappa shape index (κ3) is 3.41. The molecule has 5 heteroatoms. The molecular weight excluding hydrogens is 374 g/mol. The Hall–Kier alpha value is -3.34. The number of aromatic nitrogens is 2. The highest BCUT2D eigenvalue weighted by molar-refractivity contribution is 5.90. The smallest absolute Gasteiger partial charge is 0.206 e. The molecule has 2 N–H and O–H groups in total. The van der Waals surface area contributed by atoms with Gasteiger partial charge in [0.05, 0.1) is 5.52 Å². The summed E-state index contributed by atoms with van der Waals surface area (Å²) in [5.41, 5.74) is 6.26. The molecule has 2 unspecified atom stereocenters. The minimum Gasteiger partial charge on any atom is -0.362 e. The number of fused-ring (bicyclic) bond motifs is 1. The summed E-state index contributed by atoms with van der Waals surface area (Å²) in [7, 11) is 1.56. The van der Waals surface area contributed by atoms with Crippen molar-refractivity contribution < 1.29 is 9.59 Å². The molecule has 0 saturated heterocycles. The first-order valence-corrected chi connectivity index (χ1v) is 10.4. The monoisotopic (exact) mass is 401 g/mol. The summed E-state index contributed by atoms with van der Waals surface area (Å²) in [4.78, 5) is 24.5. The lowest BCUT2D eigenvalue weighted by molar-refractivity contribution is -0.110. The maximum Gasteiger partial charge on any atom is 0.206 e. The highest BCUT2D eigenvalue weighted by atomic mass is 16.1. The van der Waals surface area contributed by atoms with E-state index in [0.717, 1.165) is 35.7 Å². The van der Waals surface area contributed by atoms with Gasteiger partial charge in [0.15, 0.2) is 0 Å². The van der Waals surface area contributed by atoms with E-state index in [0.29, 0.717) is 6.41 Å². The number of amides is 1. The van der Waals surface area contributed by atoms with Crippen molar-refractivity contribution in [2.45, 2.75) is 38.1 Å². The quantitative estimate of drug-likeness (QED) is 0.483. The Labute approximate surface area is 176 Å². The van der Waals surface area contributed by atoms with Gasteiger partial charge in [-0.3, -0.25) is 4.79 Å². The van der Waals surface area contributed by atoms with Crippen LogP contribution in [0.3, 0.4) is 0 Å². The Morgan fingerprint density at radius 1 is 1.07 bits per heavy atom. The second-order valence-corrected chi connectivity index (χ2v) is 7.84. The van der Waals surface area contributed by atoms with Crippen LogP contribution in [0, 0.1) is 0 Å². The van der Waals surface area contributed by atoms with Crippen LogP contribution in [0.4, 0.5) is 0 Å². The van der Waals surface area contributed by atoms with Gasteiger partial charge in [0.1, 0.15) is 6.29 Å². The van der Waals surface area contributed by atoms with E-state index in [1.54, 1.807) is 7.05 Å². The van der Waals surface area contributed by atoms with Gasteiger partial charge in [0.25, 0.3) is 0 Å². The number of hydrogen-bond acceptors (Lipinski definition) is 2. The van der Waals surface area contributed by atoms with Gasteiger partial charge in [-0.1, -0.05) is 43.3 Å². The normalized spacial score (nSPS) is 14.6. The molecule has 2 atom stereocenters. The highest BCUT2D eigenvalue weighted by Crippen LogP contribution is 2.40. The topological polar surface area (TPSA) is 66.9 Å². The van der Waals surface area contributed by atoms with Gasteiger partial charge in [-0.2, -0.15) is 0 Å². The van der Waals surface area contributed by atoms with Crippen molar-refractivity contribution in [3.05, 3.63) is 71.5 Å². The maximum atomic E-state index is 12.1. The standard InChI is InChI=1S/C23H22N2O.C2H5NO/c1-15(21(14-26)19-12-24-22-10-3-2-8-17(19)22)20-13-25-11-5-7-16-6-4-9-18(20)23(16)25;1-3-2-4/h2-4,6,8-10,12-15,21,24H,5,7,11H2,1H3;2H,1H3,(H,3,4). The van der Waals surface area contributed by atoms with E-state index in [9.17, 15) is 4.79 Å². The number of para-hydroxylation sites is 2. The molecule has 1 aliphatic heterocycles. The predicted octanol–water partition coefficient (Wildman–Crippen LogP) is 4.52. The summed E-state index contributed by atoms with van der Waals surface area (Å²) in [6, 6.07) is 14.8. The summed E-state index contributed by atoms with van der Waals surface area (Å²) < 4.78 is 2.39. The van der Waals surface area contributed by atoms with E-state index < -0.39 is 0 Å². The molecule has 1 amide bonds. The van der Waals surface area contributed by atoms with Crippen molar-refractivity contribution in [2.75, 3.05) is 7.05 Å². The van der Waals surface area contributed by atoms with E-state index >= 15 is 0 Å². The van der Waals surface area contributed by atoms with E-state index in [1.165, 1.54) is 28.5 Å². The third-order valence-corrected chi connectivity index (χ3v) is 6.13. The molecule has 0 fully saturated rings. The van der Waals surface area contributed by atoms with Crippen LogP contribution in [-0.4, -0.2) is 29.3 Å². The number of nitrogens with one attached hydrogen (secondary N) is 2. The van der Waals surface area contributed by atoms with Crippen LogP contribution in [0.5, 0.6) is 0 Å². The first-order chi connectivity index (χ1) is 14.7. The highest BCUT2D eigenvalue weighted by Gasteiger charge is 2.27. The summed E-state index contributed by atoms with van der Waals surface area (Å²) >= 11 is 0. The fourth-order valence-corrected chi connectivity index (χ4v) is 4.67. The second kappa shape index (κ2) is 8.57. The van der Waals surface area contributed by atoms with Gasteiger partial charge in [-0.25, -0.2) is 0 Å². The lowest BCUT2D eigenvalue weighted by Gasteiger charge is -2.18. The average molecular weight is 402 g/mol. The van der Waals surface area contributed by atoms with Crippen LogP contribution in [-0.2, 0) is 22.6 Å². The van der Waals surface area contributed by atoms with Crippen LogP contribution >= 0.6 is 0 Å². The average Bonchev–Trinajstić information content (AvgIpc) is 3.38. The predicted molar refractivity (Wildman–Crippen MR) is 121 cm³/mol. The molecule has 4 aromatic rings. The fraction of sp³-hybridized carbons (Fsp3) is 0.280. The maximum absolute atomic E-state index is 12.1. The van der Waals surface area contributed by atoms with Gasteiger partial charge in [0.2, 0.25) is 6.41 Å². The van der Waals surface area contributed by atoms with Crippen LogP contribution < -0.4 is 5.32 Å². The van der Waals surface area contributed by atoms with Crippen molar-refractivity contribution in [3.8, 4) is 0 Å². The first kappa shape index (κ1) is 20.0. The number of carbonyl (C=O) groups excluding carboxylic acids is 2. The van der Waals surface area contributed by atoms with Gasteiger partial charge in [0, 0.05) is 48.2 Å². The zero-order chi connectivity index (χ0) is 21.1. The van der Waals surface area contributed by atoms with Gasteiger partial charge in [-0.15, -0.1) is 0 Å². The number of benzene rings is 2. The minimum absolute atomic E-state index is 0.129. The number of nitrogens with zero attached hydrogens (tertiary/aromatic N) is 1. The van der Waals surface area contributed by atoms with Gasteiger partial charge in [-0.05, 0) is 41.5 Å². The molecule has 0 bridgehead atoms. The van der Waals surface area contributed by atoms with E-state index in [-0.39, 0.29) is 11.8 Å². The fourth-order valence-electron chi connectivity index (χ4n) is 4.67. The lowest BCUT2D eigenvalue weighted by atomic mass is 9.83. The number of aryl methyl sites for hydroxylation is 2. The number of aromatic amines is 1. The molecular formula is C25H27N3O2. The zero-order valence-electron chi connectivity index (χ0n) is 17.4. The van der Waals surface area contributed by atoms with Crippen molar-refractivity contribution in [1.29, 1.82) is 0 Å².